The Labute approximate surface area is 157 Å². The number of hydrogen-bond acceptors (Lipinski definition) is 5. The minimum Gasteiger partial charge on any atom is -0.340 e. The van der Waals surface area contributed by atoms with Gasteiger partial charge in [-0.2, -0.15) is 5.10 Å². The number of hydrogen-bond donors (Lipinski definition) is 0. The number of nitrogens with zero attached hydrogens (tertiary/aromatic N) is 5. The molecule has 1 fully saturated rings. The van der Waals surface area contributed by atoms with Crippen molar-refractivity contribution in [3.63, 3.8) is 0 Å². The van der Waals surface area contributed by atoms with Crippen LogP contribution in [0.3, 0.4) is 0 Å². The van der Waals surface area contributed by atoms with Gasteiger partial charge in [0.25, 0.3) is 5.91 Å². The third kappa shape index (κ3) is 3.95. The van der Waals surface area contributed by atoms with E-state index in [0.717, 1.165) is 23.7 Å². The van der Waals surface area contributed by atoms with Crippen molar-refractivity contribution in [3.05, 3.63) is 27.5 Å². The maximum atomic E-state index is 13.1. The Hall–Kier alpha value is -2.22. The molecule has 3 rings (SSSR count). The molecule has 7 nitrogen and oxygen atoms in total. The van der Waals surface area contributed by atoms with Gasteiger partial charge in [-0.15, -0.1) is 11.3 Å². The minimum atomic E-state index is -0.106. The number of aryl methyl sites for hydroxylation is 2. The average molecular weight is 375 g/mol. The van der Waals surface area contributed by atoms with Crippen LogP contribution in [0, 0.1) is 19.8 Å². The number of aromatic nitrogens is 3. The highest BCUT2D eigenvalue weighted by Gasteiger charge is 2.28. The smallest absolute Gasteiger partial charge is 0.274 e. The van der Waals surface area contributed by atoms with Crippen LogP contribution < -0.4 is 4.90 Å². The first-order valence-corrected chi connectivity index (χ1v) is 9.64. The number of carbonyl (C=O) groups is 2. The predicted octanol–water partition coefficient (Wildman–Crippen LogP) is 2.27. The van der Waals surface area contributed by atoms with Gasteiger partial charge in [0.05, 0.1) is 22.6 Å². The lowest BCUT2D eigenvalue weighted by Gasteiger charge is -2.20. The Balaban J connectivity index is 1.77. The molecule has 0 spiro atoms. The van der Waals surface area contributed by atoms with Crippen LogP contribution in [-0.2, 0) is 17.8 Å². The molecule has 140 valence electrons. The van der Waals surface area contributed by atoms with Crippen molar-refractivity contribution in [2.24, 2.45) is 5.92 Å². The molecule has 1 aliphatic carbocycles. The minimum absolute atomic E-state index is 0.106. The van der Waals surface area contributed by atoms with Crippen LogP contribution >= 0.6 is 11.3 Å². The van der Waals surface area contributed by atoms with E-state index >= 15 is 0 Å². The van der Waals surface area contributed by atoms with Crippen molar-refractivity contribution in [3.8, 4) is 0 Å². The second kappa shape index (κ2) is 7.57. The number of carbonyl (C=O) groups excluding carboxylic acids is 2. The number of thiazole rings is 1. The number of rotatable bonds is 8. The van der Waals surface area contributed by atoms with Gasteiger partial charge in [-0.05, 0) is 32.6 Å². The maximum absolute atomic E-state index is 13.1. The molecule has 2 aromatic rings. The highest BCUT2D eigenvalue weighted by molar-refractivity contribution is 7.11. The molecule has 0 saturated heterocycles. The molecular formula is C18H25N5O2S. The van der Waals surface area contributed by atoms with E-state index in [4.69, 9.17) is 0 Å². The van der Waals surface area contributed by atoms with Crippen LogP contribution in [0.15, 0.2) is 6.20 Å². The molecule has 0 aliphatic heterocycles. The average Bonchev–Trinajstić information content (AvgIpc) is 3.24. The van der Waals surface area contributed by atoms with Gasteiger partial charge in [-0.1, -0.05) is 0 Å². The Morgan fingerprint density at radius 3 is 2.69 bits per heavy atom. The van der Waals surface area contributed by atoms with Crippen molar-refractivity contribution in [1.82, 2.24) is 19.7 Å². The van der Waals surface area contributed by atoms with Crippen molar-refractivity contribution < 1.29 is 9.59 Å². The first-order chi connectivity index (χ1) is 12.4. The lowest BCUT2D eigenvalue weighted by atomic mass is 10.2. The first-order valence-electron chi connectivity index (χ1n) is 8.83. The van der Waals surface area contributed by atoms with E-state index in [1.165, 1.54) is 22.6 Å². The van der Waals surface area contributed by atoms with Gasteiger partial charge in [0.15, 0.2) is 0 Å². The van der Waals surface area contributed by atoms with Crippen molar-refractivity contribution >= 4 is 29.3 Å². The number of likely N-dealkylation sites (N-methyl/N-ethyl adjacent to an activating group) is 1. The zero-order valence-corrected chi connectivity index (χ0v) is 16.5. The molecule has 0 bridgehead atoms. The lowest BCUT2D eigenvalue weighted by molar-refractivity contribution is -0.107. The standard InChI is InChI=1S/C18H25N5O2S/c1-12-16(26-13(2)20-12)7-8-21(3)18(25)17-15(22(4)11-24)9-19-23(17)10-14-5-6-14/h9,11,14H,5-8,10H2,1-4H3. The molecule has 0 aromatic carbocycles. The Kier molecular flexibility index (Phi) is 5.41. The highest BCUT2D eigenvalue weighted by atomic mass is 32.1. The summed E-state index contributed by atoms with van der Waals surface area (Å²) >= 11 is 1.68. The SMILES string of the molecule is Cc1nc(C)c(CCN(C)C(=O)c2c(N(C)C=O)cnn2CC2CC2)s1. The number of amides is 2. The second-order valence-corrected chi connectivity index (χ2v) is 8.23. The van der Waals surface area contributed by atoms with Crippen LogP contribution in [0.4, 0.5) is 5.69 Å². The van der Waals surface area contributed by atoms with E-state index in [2.05, 4.69) is 10.1 Å². The van der Waals surface area contributed by atoms with Gasteiger partial charge in [0.1, 0.15) is 5.69 Å². The fourth-order valence-corrected chi connectivity index (χ4v) is 3.88. The molecule has 1 aliphatic rings. The third-order valence-corrected chi connectivity index (χ3v) is 5.84. The van der Waals surface area contributed by atoms with Gasteiger partial charge in [-0.3, -0.25) is 14.3 Å². The van der Waals surface area contributed by atoms with Crippen molar-refractivity contribution in [2.75, 3.05) is 25.5 Å². The summed E-state index contributed by atoms with van der Waals surface area (Å²) in [4.78, 5) is 33.1. The summed E-state index contributed by atoms with van der Waals surface area (Å²) in [7, 11) is 3.44. The van der Waals surface area contributed by atoms with Gasteiger partial charge >= 0.3 is 0 Å². The summed E-state index contributed by atoms with van der Waals surface area (Å²) in [5.74, 6) is 0.481. The predicted molar refractivity (Wildman–Crippen MR) is 102 cm³/mol. The first kappa shape index (κ1) is 18.6. The molecule has 2 amide bonds. The Bertz CT molecular complexity index is 809. The van der Waals surface area contributed by atoms with Crippen LogP contribution in [0.5, 0.6) is 0 Å². The second-order valence-electron chi connectivity index (χ2n) is 6.94. The fraction of sp³-hybridized carbons (Fsp3) is 0.556. The van der Waals surface area contributed by atoms with E-state index in [-0.39, 0.29) is 5.91 Å². The van der Waals surface area contributed by atoms with E-state index < -0.39 is 0 Å². The molecule has 0 unspecified atom stereocenters. The van der Waals surface area contributed by atoms with Gasteiger partial charge in [0.2, 0.25) is 6.41 Å². The molecular weight excluding hydrogens is 350 g/mol. The van der Waals surface area contributed by atoms with E-state index in [9.17, 15) is 9.59 Å². The van der Waals surface area contributed by atoms with Crippen LogP contribution in [0.25, 0.3) is 0 Å². The molecule has 2 heterocycles. The Morgan fingerprint density at radius 2 is 2.12 bits per heavy atom. The molecule has 0 atom stereocenters. The van der Waals surface area contributed by atoms with Gasteiger partial charge < -0.3 is 9.80 Å². The van der Waals surface area contributed by atoms with Crippen molar-refractivity contribution in [1.29, 1.82) is 0 Å². The monoisotopic (exact) mass is 375 g/mol. The van der Waals surface area contributed by atoms with Gasteiger partial charge in [0, 0.05) is 38.5 Å². The van der Waals surface area contributed by atoms with Crippen LogP contribution in [0.1, 0.15) is 38.9 Å². The summed E-state index contributed by atoms with van der Waals surface area (Å²) in [6.45, 7) is 5.32. The fourth-order valence-electron chi connectivity index (χ4n) is 2.95. The third-order valence-electron chi connectivity index (χ3n) is 4.71. The van der Waals surface area contributed by atoms with E-state index in [1.807, 2.05) is 13.8 Å². The normalized spacial score (nSPS) is 13.7. The quantitative estimate of drug-likeness (QED) is 0.664. The summed E-state index contributed by atoms with van der Waals surface area (Å²) in [6, 6.07) is 0. The van der Waals surface area contributed by atoms with Crippen LogP contribution in [0.2, 0.25) is 0 Å². The summed E-state index contributed by atoms with van der Waals surface area (Å²) < 4.78 is 1.76. The highest BCUT2D eigenvalue weighted by Crippen LogP contribution is 2.32. The largest absolute Gasteiger partial charge is 0.340 e. The van der Waals surface area contributed by atoms with E-state index in [1.54, 1.807) is 41.2 Å². The number of anilines is 1. The molecule has 8 heteroatoms. The van der Waals surface area contributed by atoms with E-state index in [0.29, 0.717) is 30.3 Å². The summed E-state index contributed by atoms with van der Waals surface area (Å²) in [5.41, 5.74) is 2.09. The zero-order chi connectivity index (χ0) is 18.8. The van der Waals surface area contributed by atoms with Crippen molar-refractivity contribution in [2.45, 2.75) is 39.7 Å². The molecule has 26 heavy (non-hydrogen) atoms. The van der Waals surface area contributed by atoms with Gasteiger partial charge in [-0.25, -0.2) is 4.98 Å². The Morgan fingerprint density at radius 1 is 1.38 bits per heavy atom. The molecule has 1 saturated carbocycles. The van der Waals surface area contributed by atoms with Crippen LogP contribution in [-0.4, -0.2) is 52.6 Å². The maximum Gasteiger partial charge on any atom is 0.274 e. The lowest BCUT2D eigenvalue weighted by Crippen LogP contribution is -2.32. The summed E-state index contributed by atoms with van der Waals surface area (Å²) in [6.07, 6.45) is 5.43. The molecule has 0 N–H and O–H groups in total. The molecule has 2 aromatic heterocycles. The summed E-state index contributed by atoms with van der Waals surface area (Å²) in [5, 5.41) is 5.41. The zero-order valence-electron chi connectivity index (χ0n) is 15.7. The topological polar surface area (TPSA) is 71.3 Å². The molecule has 0 radical (unpaired) electrons.